The molecule has 2 aromatic rings. The minimum atomic E-state index is -0.140. The summed E-state index contributed by atoms with van der Waals surface area (Å²) in [7, 11) is 1.90. The minimum absolute atomic E-state index is 0.0291. The molecule has 1 atom stereocenters. The first-order valence-corrected chi connectivity index (χ1v) is 9.08. The van der Waals surface area contributed by atoms with Crippen molar-refractivity contribution in [2.45, 2.75) is 52.0 Å². The summed E-state index contributed by atoms with van der Waals surface area (Å²) in [6.45, 7) is 4.42. The number of aromatic amines is 1. The quantitative estimate of drug-likeness (QED) is 0.772. The van der Waals surface area contributed by atoms with E-state index < -0.39 is 0 Å². The van der Waals surface area contributed by atoms with Gasteiger partial charge in [-0.05, 0) is 38.7 Å². The van der Waals surface area contributed by atoms with Crippen molar-refractivity contribution in [2.24, 2.45) is 18.7 Å². The van der Waals surface area contributed by atoms with Crippen LogP contribution in [0.4, 0.5) is 0 Å². The molecule has 1 saturated carbocycles. The molecule has 2 aromatic heterocycles. The van der Waals surface area contributed by atoms with E-state index in [1.54, 1.807) is 6.07 Å². The molecule has 1 fully saturated rings. The van der Waals surface area contributed by atoms with Gasteiger partial charge in [-0.1, -0.05) is 19.3 Å². The number of hydrogen-bond acceptors (Lipinski definition) is 4. The Kier molecular flexibility index (Phi) is 5.22. The normalized spacial score (nSPS) is 16.8. The second-order valence-corrected chi connectivity index (χ2v) is 7.05. The maximum absolute atomic E-state index is 12.6. The maximum Gasteiger partial charge on any atom is 0.269 e. The summed E-state index contributed by atoms with van der Waals surface area (Å²) in [4.78, 5) is 12.6. The number of nitrogens with two attached hydrogens (primary N) is 1. The zero-order valence-electron chi connectivity index (χ0n) is 15.3. The molecule has 0 aromatic carbocycles. The molecule has 136 valence electrons. The van der Waals surface area contributed by atoms with E-state index >= 15 is 0 Å². The fourth-order valence-corrected chi connectivity index (χ4v) is 3.86. The number of carbonyl (C=O) groups is 1. The van der Waals surface area contributed by atoms with E-state index in [1.165, 1.54) is 19.3 Å². The number of nitrogens with one attached hydrogen (secondary N) is 2. The summed E-state index contributed by atoms with van der Waals surface area (Å²) < 4.78 is 1.83. The Bertz CT molecular complexity index is 741. The van der Waals surface area contributed by atoms with E-state index in [0.29, 0.717) is 18.2 Å². The molecule has 2 heterocycles. The van der Waals surface area contributed by atoms with Gasteiger partial charge >= 0.3 is 0 Å². The Morgan fingerprint density at radius 1 is 1.40 bits per heavy atom. The zero-order chi connectivity index (χ0) is 18.0. The van der Waals surface area contributed by atoms with Gasteiger partial charge < -0.3 is 11.1 Å². The van der Waals surface area contributed by atoms with Gasteiger partial charge in [-0.25, -0.2) is 0 Å². The Morgan fingerprint density at radius 2 is 2.12 bits per heavy atom. The van der Waals surface area contributed by atoms with E-state index in [9.17, 15) is 4.79 Å². The summed E-state index contributed by atoms with van der Waals surface area (Å²) in [5.74, 6) is 0.340. The van der Waals surface area contributed by atoms with E-state index in [4.69, 9.17) is 5.73 Å². The van der Waals surface area contributed by atoms with Gasteiger partial charge in [0.1, 0.15) is 5.69 Å². The van der Waals surface area contributed by atoms with Gasteiger partial charge in [0.05, 0.1) is 11.4 Å². The highest BCUT2D eigenvalue weighted by Crippen LogP contribution is 2.27. The first-order chi connectivity index (χ1) is 12.0. The molecule has 0 aliphatic heterocycles. The van der Waals surface area contributed by atoms with Crippen molar-refractivity contribution in [2.75, 3.05) is 6.54 Å². The molecule has 0 saturated heterocycles. The van der Waals surface area contributed by atoms with Crippen LogP contribution in [0.1, 0.15) is 54.0 Å². The van der Waals surface area contributed by atoms with Crippen LogP contribution >= 0.6 is 0 Å². The van der Waals surface area contributed by atoms with Crippen molar-refractivity contribution in [3.05, 3.63) is 23.1 Å². The lowest BCUT2D eigenvalue weighted by Crippen LogP contribution is -2.46. The van der Waals surface area contributed by atoms with Crippen LogP contribution in [0.3, 0.4) is 0 Å². The predicted octanol–water partition coefficient (Wildman–Crippen LogP) is 2.06. The van der Waals surface area contributed by atoms with E-state index in [2.05, 4.69) is 20.6 Å². The van der Waals surface area contributed by atoms with E-state index in [0.717, 1.165) is 35.5 Å². The molecule has 3 rings (SSSR count). The number of rotatable bonds is 5. The predicted molar refractivity (Wildman–Crippen MR) is 97.1 cm³/mol. The molecular formula is C18H28N6O. The SMILES string of the molecule is Cc1nn(C)c(C)c1-c1cc(C(=O)NC(CN)C2CCCCC2)[nH]n1. The Hall–Kier alpha value is -2.15. The van der Waals surface area contributed by atoms with Crippen LogP contribution in [-0.4, -0.2) is 38.5 Å². The number of aryl methyl sites for hydroxylation is 2. The van der Waals surface area contributed by atoms with Crippen molar-refractivity contribution in [1.29, 1.82) is 0 Å². The van der Waals surface area contributed by atoms with Crippen LogP contribution < -0.4 is 11.1 Å². The Balaban J connectivity index is 1.74. The second-order valence-electron chi connectivity index (χ2n) is 7.05. The molecule has 0 radical (unpaired) electrons. The molecule has 1 aliphatic carbocycles. The summed E-state index contributed by atoms with van der Waals surface area (Å²) in [5, 5.41) is 14.7. The average Bonchev–Trinajstić information content (AvgIpc) is 3.18. The summed E-state index contributed by atoms with van der Waals surface area (Å²) in [5.41, 5.74) is 10.0. The first-order valence-electron chi connectivity index (χ1n) is 9.08. The number of carbonyl (C=O) groups excluding carboxylic acids is 1. The lowest BCUT2D eigenvalue weighted by molar-refractivity contribution is 0.0910. The number of aromatic nitrogens is 4. The fourth-order valence-electron chi connectivity index (χ4n) is 3.86. The van der Waals surface area contributed by atoms with Crippen LogP contribution in [0.25, 0.3) is 11.3 Å². The lowest BCUT2D eigenvalue weighted by Gasteiger charge is -2.29. The minimum Gasteiger partial charge on any atom is -0.346 e. The van der Waals surface area contributed by atoms with Crippen molar-refractivity contribution < 1.29 is 4.79 Å². The molecule has 1 amide bonds. The topological polar surface area (TPSA) is 102 Å². The highest BCUT2D eigenvalue weighted by molar-refractivity contribution is 5.93. The molecule has 1 unspecified atom stereocenters. The molecule has 25 heavy (non-hydrogen) atoms. The molecule has 0 spiro atoms. The highest BCUT2D eigenvalue weighted by atomic mass is 16.2. The fraction of sp³-hybridized carbons (Fsp3) is 0.611. The molecule has 1 aliphatic rings. The van der Waals surface area contributed by atoms with Crippen molar-refractivity contribution in [3.8, 4) is 11.3 Å². The highest BCUT2D eigenvalue weighted by Gasteiger charge is 2.25. The average molecular weight is 344 g/mol. The summed E-state index contributed by atoms with van der Waals surface area (Å²) >= 11 is 0. The van der Waals surface area contributed by atoms with E-state index in [1.807, 2.05) is 25.6 Å². The third-order valence-corrected chi connectivity index (χ3v) is 5.38. The van der Waals surface area contributed by atoms with Crippen molar-refractivity contribution >= 4 is 5.91 Å². The standard InChI is InChI=1S/C18H28N6O/c1-11-17(12(2)24(3)23-11)14-9-15(22-21-14)18(25)20-16(10-19)13-7-5-4-6-8-13/h9,13,16H,4-8,10,19H2,1-3H3,(H,20,25)(H,21,22). The van der Waals surface area contributed by atoms with Crippen LogP contribution in [0, 0.1) is 19.8 Å². The molecule has 0 bridgehead atoms. The largest absolute Gasteiger partial charge is 0.346 e. The summed E-state index contributed by atoms with van der Waals surface area (Å²) in [6, 6.07) is 1.82. The monoisotopic (exact) mass is 344 g/mol. The third-order valence-electron chi connectivity index (χ3n) is 5.38. The Morgan fingerprint density at radius 3 is 2.72 bits per heavy atom. The molecular weight excluding hydrogens is 316 g/mol. The van der Waals surface area contributed by atoms with Gasteiger partial charge in [-0.15, -0.1) is 0 Å². The van der Waals surface area contributed by atoms with Gasteiger partial charge in [0, 0.05) is 30.9 Å². The van der Waals surface area contributed by atoms with Gasteiger partial charge in [0.25, 0.3) is 5.91 Å². The van der Waals surface area contributed by atoms with Crippen molar-refractivity contribution in [3.63, 3.8) is 0 Å². The lowest BCUT2D eigenvalue weighted by atomic mass is 9.84. The zero-order valence-corrected chi connectivity index (χ0v) is 15.3. The number of nitrogens with zero attached hydrogens (tertiary/aromatic N) is 3. The Labute approximate surface area is 148 Å². The van der Waals surface area contributed by atoms with Gasteiger partial charge in [-0.3, -0.25) is 14.6 Å². The first kappa shape index (κ1) is 17.7. The molecule has 7 heteroatoms. The number of H-pyrrole nitrogens is 1. The van der Waals surface area contributed by atoms with E-state index in [-0.39, 0.29) is 11.9 Å². The number of amides is 1. The summed E-state index contributed by atoms with van der Waals surface area (Å²) in [6.07, 6.45) is 6.03. The molecule has 7 nitrogen and oxygen atoms in total. The van der Waals surface area contributed by atoms with Gasteiger partial charge in [0.15, 0.2) is 0 Å². The maximum atomic E-state index is 12.6. The van der Waals surface area contributed by atoms with Gasteiger partial charge in [-0.2, -0.15) is 10.2 Å². The van der Waals surface area contributed by atoms with Crippen LogP contribution in [0.15, 0.2) is 6.07 Å². The van der Waals surface area contributed by atoms with Crippen LogP contribution in [-0.2, 0) is 7.05 Å². The third kappa shape index (κ3) is 3.61. The van der Waals surface area contributed by atoms with Crippen LogP contribution in [0.5, 0.6) is 0 Å². The molecule has 4 N–H and O–H groups in total. The second kappa shape index (κ2) is 7.39. The van der Waals surface area contributed by atoms with Crippen molar-refractivity contribution in [1.82, 2.24) is 25.3 Å². The number of hydrogen-bond donors (Lipinski definition) is 3. The van der Waals surface area contributed by atoms with Gasteiger partial charge in [0.2, 0.25) is 0 Å². The smallest absolute Gasteiger partial charge is 0.269 e. The van der Waals surface area contributed by atoms with Crippen LogP contribution in [0.2, 0.25) is 0 Å².